The maximum Gasteiger partial charge on any atom is 0.152 e. The summed E-state index contributed by atoms with van der Waals surface area (Å²) >= 11 is 0. The van der Waals surface area contributed by atoms with Crippen LogP contribution in [0.1, 0.15) is 12.8 Å². The summed E-state index contributed by atoms with van der Waals surface area (Å²) in [5, 5.41) is 0.507. The molecule has 1 aromatic heterocycles. The number of halogens is 2. The van der Waals surface area contributed by atoms with Crippen LogP contribution in [0, 0.1) is 11.6 Å². The zero-order valence-electron chi connectivity index (χ0n) is 11.7. The van der Waals surface area contributed by atoms with Crippen LogP contribution >= 0.6 is 0 Å². The third-order valence-electron chi connectivity index (χ3n) is 4.40. The van der Waals surface area contributed by atoms with Gasteiger partial charge in [0.2, 0.25) is 0 Å². The van der Waals surface area contributed by atoms with Crippen molar-refractivity contribution < 1.29 is 8.78 Å². The molecule has 1 aliphatic carbocycles. The molecule has 0 atom stereocenters. The molecule has 0 unspecified atom stereocenters. The van der Waals surface area contributed by atoms with Gasteiger partial charge in [-0.1, -0.05) is 0 Å². The van der Waals surface area contributed by atoms with Crippen LogP contribution in [0.15, 0.2) is 24.3 Å². The smallest absolute Gasteiger partial charge is 0.152 e. The molecule has 21 heavy (non-hydrogen) atoms. The van der Waals surface area contributed by atoms with Gasteiger partial charge < -0.3 is 4.90 Å². The van der Waals surface area contributed by atoms with Crippen molar-refractivity contribution in [3.8, 4) is 0 Å². The number of anilines is 1. The monoisotopic (exact) mass is 289 g/mol. The van der Waals surface area contributed by atoms with Gasteiger partial charge in [-0.05, 0) is 31.0 Å². The third kappa shape index (κ3) is 2.46. The molecule has 0 amide bonds. The van der Waals surface area contributed by atoms with E-state index < -0.39 is 11.6 Å². The lowest BCUT2D eigenvalue weighted by Gasteiger charge is -2.35. The van der Waals surface area contributed by atoms with Gasteiger partial charge in [0.15, 0.2) is 5.82 Å². The maximum absolute atomic E-state index is 13.8. The lowest BCUT2D eigenvalue weighted by atomic mass is 10.2. The number of piperazine rings is 1. The van der Waals surface area contributed by atoms with E-state index in [9.17, 15) is 8.78 Å². The van der Waals surface area contributed by atoms with Gasteiger partial charge in [-0.25, -0.2) is 13.8 Å². The largest absolute Gasteiger partial charge is 0.354 e. The van der Waals surface area contributed by atoms with Gasteiger partial charge in [-0.3, -0.25) is 4.90 Å². The van der Waals surface area contributed by atoms with Crippen LogP contribution in [0.3, 0.4) is 0 Å². The molecule has 110 valence electrons. The van der Waals surface area contributed by atoms with Gasteiger partial charge in [-0.15, -0.1) is 0 Å². The second-order valence-corrected chi connectivity index (χ2v) is 5.88. The van der Waals surface area contributed by atoms with Gasteiger partial charge in [-0.2, -0.15) is 0 Å². The van der Waals surface area contributed by atoms with Crippen LogP contribution in [0.2, 0.25) is 0 Å². The first kappa shape index (κ1) is 13.0. The summed E-state index contributed by atoms with van der Waals surface area (Å²) in [5.74, 6) is -0.375. The highest BCUT2D eigenvalue weighted by atomic mass is 19.1. The minimum Gasteiger partial charge on any atom is -0.354 e. The molecule has 2 aliphatic rings. The number of benzene rings is 1. The summed E-state index contributed by atoms with van der Waals surface area (Å²) in [4.78, 5) is 9.09. The van der Waals surface area contributed by atoms with Crippen LogP contribution in [-0.2, 0) is 0 Å². The van der Waals surface area contributed by atoms with E-state index in [1.807, 2.05) is 6.07 Å². The predicted octanol–water partition coefficient (Wildman–Crippen LogP) is 2.80. The number of nitrogens with zero attached hydrogens (tertiary/aromatic N) is 3. The molecular weight excluding hydrogens is 272 g/mol. The summed E-state index contributed by atoms with van der Waals surface area (Å²) in [5.41, 5.74) is 0.249. The molecule has 4 rings (SSSR count). The van der Waals surface area contributed by atoms with E-state index in [0.29, 0.717) is 5.39 Å². The van der Waals surface area contributed by atoms with Gasteiger partial charge in [0.1, 0.15) is 17.2 Å². The number of pyridine rings is 1. The summed E-state index contributed by atoms with van der Waals surface area (Å²) in [7, 11) is 0. The average molecular weight is 289 g/mol. The minimum absolute atomic E-state index is 0.249. The standard InChI is InChI=1S/C16H17F2N3/c17-12-9-11-1-4-15(19-16(11)14(18)10-12)21-7-5-20(6-8-21)13-2-3-13/h1,4,9-10,13H,2-3,5-8H2. The highest BCUT2D eigenvalue weighted by Gasteiger charge is 2.31. The number of rotatable bonds is 2. The van der Waals surface area contributed by atoms with Crippen molar-refractivity contribution >= 4 is 16.7 Å². The topological polar surface area (TPSA) is 19.4 Å². The minimum atomic E-state index is -0.594. The molecule has 2 heterocycles. The zero-order valence-corrected chi connectivity index (χ0v) is 11.7. The molecule has 1 saturated carbocycles. The van der Waals surface area contributed by atoms with Crippen LogP contribution in [0.5, 0.6) is 0 Å². The van der Waals surface area contributed by atoms with Gasteiger partial charge in [0.25, 0.3) is 0 Å². The van der Waals surface area contributed by atoms with E-state index in [0.717, 1.165) is 44.1 Å². The molecule has 0 bridgehead atoms. The third-order valence-corrected chi connectivity index (χ3v) is 4.40. The molecular formula is C16H17F2N3. The van der Waals surface area contributed by atoms with Crippen molar-refractivity contribution in [1.82, 2.24) is 9.88 Å². The quantitative estimate of drug-likeness (QED) is 0.847. The van der Waals surface area contributed by atoms with Crippen molar-refractivity contribution in [1.29, 1.82) is 0 Å². The van der Waals surface area contributed by atoms with E-state index >= 15 is 0 Å². The predicted molar refractivity (Wildman–Crippen MR) is 78.5 cm³/mol. The first-order valence-corrected chi connectivity index (χ1v) is 7.45. The van der Waals surface area contributed by atoms with Crippen molar-refractivity contribution in [2.45, 2.75) is 18.9 Å². The Morgan fingerprint density at radius 1 is 1.00 bits per heavy atom. The fourth-order valence-corrected chi connectivity index (χ4v) is 3.08. The van der Waals surface area contributed by atoms with Crippen molar-refractivity contribution in [2.24, 2.45) is 0 Å². The van der Waals surface area contributed by atoms with E-state index in [1.165, 1.54) is 18.9 Å². The molecule has 0 N–H and O–H groups in total. The molecule has 0 radical (unpaired) electrons. The molecule has 0 spiro atoms. The van der Waals surface area contributed by atoms with Crippen LogP contribution in [0.4, 0.5) is 14.6 Å². The zero-order chi connectivity index (χ0) is 14.4. The number of aromatic nitrogens is 1. The van der Waals surface area contributed by atoms with Gasteiger partial charge in [0, 0.05) is 43.7 Å². The van der Waals surface area contributed by atoms with Gasteiger partial charge in [0.05, 0.1) is 0 Å². The Hall–Kier alpha value is -1.75. The molecule has 2 fully saturated rings. The maximum atomic E-state index is 13.8. The summed E-state index contributed by atoms with van der Waals surface area (Å²) in [6.07, 6.45) is 2.65. The number of hydrogen-bond acceptors (Lipinski definition) is 3. The molecule has 2 aromatic rings. The Morgan fingerprint density at radius 3 is 2.48 bits per heavy atom. The number of hydrogen-bond donors (Lipinski definition) is 0. The summed E-state index contributed by atoms with van der Waals surface area (Å²) < 4.78 is 27.0. The Bertz CT molecular complexity index is 677. The summed E-state index contributed by atoms with van der Waals surface area (Å²) in [6.45, 7) is 3.90. The first-order valence-electron chi connectivity index (χ1n) is 7.45. The van der Waals surface area contributed by atoms with Crippen LogP contribution in [0.25, 0.3) is 10.9 Å². The molecule has 1 aliphatic heterocycles. The van der Waals surface area contributed by atoms with Crippen LogP contribution < -0.4 is 4.90 Å². The Balaban J connectivity index is 1.59. The van der Waals surface area contributed by atoms with E-state index in [-0.39, 0.29) is 5.52 Å². The van der Waals surface area contributed by atoms with Crippen molar-refractivity contribution in [2.75, 3.05) is 31.1 Å². The molecule has 3 nitrogen and oxygen atoms in total. The Kier molecular flexibility index (Phi) is 3.03. The Morgan fingerprint density at radius 2 is 1.76 bits per heavy atom. The first-order chi connectivity index (χ1) is 10.2. The fourth-order valence-electron chi connectivity index (χ4n) is 3.08. The van der Waals surface area contributed by atoms with E-state index in [2.05, 4.69) is 14.8 Å². The normalized spacial score (nSPS) is 20.2. The number of fused-ring (bicyclic) bond motifs is 1. The Labute approximate surface area is 122 Å². The second kappa shape index (κ2) is 4.91. The second-order valence-electron chi connectivity index (χ2n) is 5.88. The van der Waals surface area contributed by atoms with Gasteiger partial charge >= 0.3 is 0 Å². The van der Waals surface area contributed by atoms with E-state index in [1.54, 1.807) is 6.07 Å². The fraction of sp³-hybridized carbons (Fsp3) is 0.438. The lowest BCUT2D eigenvalue weighted by Crippen LogP contribution is -2.47. The van der Waals surface area contributed by atoms with Crippen molar-refractivity contribution in [3.63, 3.8) is 0 Å². The van der Waals surface area contributed by atoms with E-state index in [4.69, 9.17) is 0 Å². The molecule has 5 heteroatoms. The molecule has 1 aromatic carbocycles. The van der Waals surface area contributed by atoms with Crippen LogP contribution in [-0.4, -0.2) is 42.1 Å². The highest BCUT2D eigenvalue weighted by Crippen LogP contribution is 2.28. The van der Waals surface area contributed by atoms with Crippen molar-refractivity contribution in [3.05, 3.63) is 35.9 Å². The average Bonchev–Trinajstić information content (AvgIpc) is 3.32. The molecule has 1 saturated heterocycles. The summed E-state index contributed by atoms with van der Waals surface area (Å²) in [6, 6.07) is 6.60. The lowest BCUT2D eigenvalue weighted by molar-refractivity contribution is 0.247. The SMILES string of the molecule is Fc1cc(F)c2nc(N3CCN(C4CC4)CC3)ccc2c1. The highest BCUT2D eigenvalue weighted by molar-refractivity contribution is 5.81.